The Labute approximate surface area is 213 Å². The van der Waals surface area contributed by atoms with Crippen molar-refractivity contribution in [2.45, 2.75) is 19.8 Å². The van der Waals surface area contributed by atoms with Crippen LogP contribution in [0.5, 0.6) is 0 Å². The van der Waals surface area contributed by atoms with Crippen LogP contribution in [0.3, 0.4) is 0 Å². The monoisotopic (exact) mass is 499 g/mol. The predicted octanol–water partition coefficient (Wildman–Crippen LogP) is 5.36. The summed E-state index contributed by atoms with van der Waals surface area (Å²) in [4.78, 5) is 25.9. The molecule has 182 valence electrons. The summed E-state index contributed by atoms with van der Waals surface area (Å²) in [6.45, 7) is 3.83. The van der Waals surface area contributed by atoms with Crippen LogP contribution in [0, 0.1) is 18.3 Å². The number of anilines is 1. The topological polar surface area (TPSA) is 104 Å². The Morgan fingerprint density at radius 2 is 1.86 bits per heavy atom. The molecule has 2 aromatic carbocycles. The highest BCUT2D eigenvalue weighted by Crippen LogP contribution is 2.43. The fourth-order valence-electron chi connectivity index (χ4n) is 3.94. The lowest BCUT2D eigenvalue weighted by Crippen LogP contribution is -2.29. The molecule has 2 N–H and O–H groups in total. The van der Waals surface area contributed by atoms with Crippen LogP contribution >= 0.6 is 11.8 Å². The van der Waals surface area contributed by atoms with E-state index in [-0.39, 0.29) is 29.4 Å². The van der Waals surface area contributed by atoms with Gasteiger partial charge in [-0.3, -0.25) is 4.79 Å². The first-order valence-corrected chi connectivity index (χ1v) is 12.4. The van der Waals surface area contributed by atoms with Gasteiger partial charge in [-0.2, -0.15) is 5.26 Å². The summed E-state index contributed by atoms with van der Waals surface area (Å²) in [6, 6.07) is 22.5. The number of hydrogen-bond donors (Lipinski definition) is 2. The summed E-state index contributed by atoms with van der Waals surface area (Å²) in [5.41, 5.74) is 3.50. The molecule has 0 aliphatic carbocycles. The number of hydrogen-bond acceptors (Lipinski definition) is 7. The molecule has 1 aromatic heterocycles. The van der Waals surface area contributed by atoms with E-state index in [9.17, 15) is 14.9 Å². The van der Waals surface area contributed by atoms with Gasteiger partial charge in [-0.1, -0.05) is 60.3 Å². The second-order valence-corrected chi connectivity index (χ2v) is 8.94. The second-order valence-electron chi connectivity index (χ2n) is 7.95. The van der Waals surface area contributed by atoms with Gasteiger partial charge in [-0.25, -0.2) is 4.79 Å². The lowest BCUT2D eigenvalue weighted by Gasteiger charge is -2.29. The quantitative estimate of drug-likeness (QED) is 0.402. The minimum absolute atomic E-state index is 0.0591. The zero-order valence-electron chi connectivity index (χ0n) is 19.9. The number of benzene rings is 2. The van der Waals surface area contributed by atoms with Gasteiger partial charge in [0.05, 0.1) is 52.5 Å². The van der Waals surface area contributed by atoms with E-state index in [4.69, 9.17) is 9.15 Å². The van der Waals surface area contributed by atoms with Crippen molar-refractivity contribution in [1.29, 1.82) is 5.26 Å². The van der Waals surface area contributed by atoms with Crippen molar-refractivity contribution < 1.29 is 18.7 Å². The summed E-state index contributed by atoms with van der Waals surface area (Å²) in [5, 5.41) is 16.8. The largest absolute Gasteiger partial charge is 0.468 e. The Morgan fingerprint density at radius 3 is 2.53 bits per heavy atom. The third-order valence-electron chi connectivity index (χ3n) is 5.60. The molecule has 7 nitrogen and oxygen atoms in total. The maximum absolute atomic E-state index is 13.2. The van der Waals surface area contributed by atoms with E-state index in [1.165, 1.54) is 18.0 Å². The molecule has 0 spiro atoms. The molecule has 2 heterocycles. The van der Waals surface area contributed by atoms with Crippen molar-refractivity contribution >= 4 is 35.0 Å². The lowest BCUT2D eigenvalue weighted by molar-refractivity contribution is -0.138. The zero-order valence-corrected chi connectivity index (χ0v) is 20.7. The molecular weight excluding hydrogens is 474 g/mol. The molecule has 3 aromatic rings. The number of furan rings is 1. The van der Waals surface area contributed by atoms with Crippen molar-refractivity contribution in [1.82, 2.24) is 5.32 Å². The molecule has 4 rings (SSSR count). The SMILES string of the molecule is CCOC(=O)C1=C(c2ccccc2)NC(SCC(=O)Nc2ccccc2C)=C(C#N)[C@H]1c1ccco1. The fraction of sp³-hybridized carbons (Fsp3) is 0.179. The molecule has 8 heteroatoms. The number of nitriles is 1. The first kappa shape index (κ1) is 24.9. The molecule has 1 aliphatic rings. The molecule has 0 saturated heterocycles. The molecule has 0 fully saturated rings. The number of nitrogens with zero attached hydrogens (tertiary/aromatic N) is 1. The Hall–Kier alpha value is -4.22. The molecule has 0 bridgehead atoms. The molecule has 0 saturated carbocycles. The molecule has 1 aliphatic heterocycles. The number of carbonyl (C=O) groups is 2. The number of allylic oxidation sites excluding steroid dienone is 1. The Morgan fingerprint density at radius 1 is 1.11 bits per heavy atom. The van der Waals surface area contributed by atoms with Crippen LogP contribution in [0.25, 0.3) is 5.70 Å². The predicted molar refractivity (Wildman–Crippen MR) is 139 cm³/mol. The summed E-state index contributed by atoms with van der Waals surface area (Å²) in [7, 11) is 0. The number of esters is 1. The van der Waals surface area contributed by atoms with Crippen LogP contribution in [0.1, 0.15) is 29.7 Å². The number of rotatable bonds is 8. The van der Waals surface area contributed by atoms with Gasteiger partial charge in [0.1, 0.15) is 5.76 Å². The first-order chi connectivity index (χ1) is 17.5. The Bertz CT molecular complexity index is 1350. The van der Waals surface area contributed by atoms with Crippen LogP contribution in [-0.2, 0) is 14.3 Å². The van der Waals surface area contributed by atoms with Crippen molar-refractivity contribution in [3.63, 3.8) is 0 Å². The summed E-state index contributed by atoms with van der Waals surface area (Å²) in [5.74, 6) is -1.05. The Kier molecular flexibility index (Phi) is 7.93. The lowest BCUT2D eigenvalue weighted by atomic mass is 9.84. The van der Waals surface area contributed by atoms with E-state index < -0.39 is 11.9 Å². The van der Waals surface area contributed by atoms with Gasteiger partial charge in [0, 0.05) is 5.69 Å². The highest BCUT2D eigenvalue weighted by Gasteiger charge is 2.38. The first-order valence-electron chi connectivity index (χ1n) is 11.4. The summed E-state index contributed by atoms with van der Waals surface area (Å²) >= 11 is 1.20. The average Bonchev–Trinajstić information content (AvgIpc) is 3.43. The van der Waals surface area contributed by atoms with Gasteiger partial charge in [0.2, 0.25) is 5.91 Å². The van der Waals surface area contributed by atoms with E-state index in [1.807, 2.05) is 61.5 Å². The van der Waals surface area contributed by atoms with Crippen molar-refractivity contribution in [2.24, 2.45) is 0 Å². The van der Waals surface area contributed by atoms with Crippen molar-refractivity contribution in [3.8, 4) is 6.07 Å². The number of aryl methyl sites for hydroxylation is 1. The smallest absolute Gasteiger partial charge is 0.337 e. The minimum Gasteiger partial charge on any atom is -0.468 e. The molecular formula is C28H25N3O4S. The maximum Gasteiger partial charge on any atom is 0.337 e. The van der Waals surface area contributed by atoms with Crippen LogP contribution in [0.2, 0.25) is 0 Å². The van der Waals surface area contributed by atoms with Crippen LogP contribution in [-0.4, -0.2) is 24.2 Å². The second kappa shape index (κ2) is 11.5. The normalized spacial score (nSPS) is 15.2. The van der Waals surface area contributed by atoms with E-state index in [1.54, 1.807) is 19.1 Å². The Balaban J connectivity index is 1.72. The van der Waals surface area contributed by atoms with Gasteiger partial charge in [0.15, 0.2) is 0 Å². The number of para-hydroxylation sites is 1. The molecule has 1 atom stereocenters. The number of amides is 1. The average molecular weight is 500 g/mol. The number of ether oxygens (including phenoxy) is 1. The molecule has 1 amide bonds. The molecule has 0 unspecified atom stereocenters. The van der Waals surface area contributed by atoms with Gasteiger partial charge >= 0.3 is 5.97 Å². The highest BCUT2D eigenvalue weighted by molar-refractivity contribution is 8.03. The number of dihydropyridines is 1. The van der Waals surface area contributed by atoms with Crippen LogP contribution < -0.4 is 10.6 Å². The fourth-order valence-corrected chi connectivity index (χ4v) is 4.78. The molecule has 0 radical (unpaired) electrons. The minimum atomic E-state index is -0.789. The summed E-state index contributed by atoms with van der Waals surface area (Å²) in [6.07, 6.45) is 1.50. The van der Waals surface area contributed by atoms with Gasteiger partial charge in [-0.15, -0.1) is 0 Å². The third-order valence-corrected chi connectivity index (χ3v) is 6.62. The van der Waals surface area contributed by atoms with E-state index in [2.05, 4.69) is 16.7 Å². The van der Waals surface area contributed by atoms with Gasteiger partial charge in [0.25, 0.3) is 0 Å². The van der Waals surface area contributed by atoms with Crippen LogP contribution in [0.4, 0.5) is 5.69 Å². The van der Waals surface area contributed by atoms with Crippen LogP contribution in [0.15, 0.2) is 93.6 Å². The van der Waals surface area contributed by atoms with Crippen molar-refractivity contribution in [3.05, 3.63) is 106 Å². The van der Waals surface area contributed by atoms with Gasteiger partial charge in [-0.05, 0) is 43.2 Å². The van der Waals surface area contributed by atoms with E-state index >= 15 is 0 Å². The van der Waals surface area contributed by atoms with E-state index in [0.717, 1.165) is 16.8 Å². The van der Waals surface area contributed by atoms with Crippen molar-refractivity contribution in [2.75, 3.05) is 17.7 Å². The molecule has 36 heavy (non-hydrogen) atoms. The number of nitrogens with one attached hydrogen (secondary N) is 2. The standard InChI is InChI=1S/C28H25N3O4S/c1-3-34-28(33)25-24(22-14-9-15-35-22)20(16-29)27(31-26(25)19-11-5-4-6-12-19)36-17-23(32)30-21-13-8-7-10-18(21)2/h4-15,24,31H,3,17H2,1-2H3,(H,30,32)/t24-/m0/s1. The highest BCUT2D eigenvalue weighted by atomic mass is 32.2. The number of thioether (sulfide) groups is 1. The third kappa shape index (κ3) is 5.37. The maximum atomic E-state index is 13.2. The summed E-state index contributed by atoms with van der Waals surface area (Å²) < 4.78 is 11.1. The zero-order chi connectivity index (χ0) is 25.5. The number of carbonyl (C=O) groups excluding carboxylic acids is 2. The van der Waals surface area contributed by atoms with Gasteiger partial charge < -0.3 is 19.8 Å². The van der Waals surface area contributed by atoms with E-state index in [0.29, 0.717) is 16.5 Å².